The van der Waals surface area contributed by atoms with Crippen LogP contribution >= 0.6 is 11.8 Å². The number of carboxylic acid groups (broad SMARTS) is 1. The Bertz CT molecular complexity index is 929. The van der Waals surface area contributed by atoms with Gasteiger partial charge in [-0.15, -0.1) is 11.8 Å². The molecule has 5 nitrogen and oxygen atoms in total. The minimum absolute atomic E-state index is 0.155. The molecule has 3 rings (SSSR count). The van der Waals surface area contributed by atoms with Crippen LogP contribution in [0.3, 0.4) is 0 Å². The zero-order valence-electron chi connectivity index (χ0n) is 18.4. The van der Waals surface area contributed by atoms with Gasteiger partial charge in [-0.2, -0.15) is 0 Å². The maximum atomic E-state index is 11.3. The van der Waals surface area contributed by atoms with Crippen LogP contribution in [0.15, 0.2) is 65.3 Å². The third-order valence-electron chi connectivity index (χ3n) is 5.48. The van der Waals surface area contributed by atoms with E-state index in [0.717, 1.165) is 18.7 Å². The number of aryl methyl sites for hydroxylation is 1. The topological polar surface area (TPSA) is 60.7 Å². The second-order valence-electron chi connectivity index (χ2n) is 7.57. The minimum Gasteiger partial charge on any atom is -0.492 e. The van der Waals surface area contributed by atoms with Gasteiger partial charge in [0.15, 0.2) is 6.10 Å². The van der Waals surface area contributed by atoms with Crippen molar-refractivity contribution in [1.29, 1.82) is 0 Å². The number of aromatic nitrogens is 1. The highest BCUT2D eigenvalue weighted by atomic mass is 32.2. The number of ether oxygens (including phenoxy) is 2. The first-order valence-corrected chi connectivity index (χ1v) is 11.9. The Kier molecular flexibility index (Phi) is 8.43. The molecule has 0 fully saturated rings. The van der Waals surface area contributed by atoms with Crippen molar-refractivity contribution in [1.82, 2.24) is 4.57 Å². The van der Waals surface area contributed by atoms with Crippen molar-refractivity contribution in [2.45, 2.75) is 44.2 Å². The highest BCUT2D eigenvalue weighted by Crippen LogP contribution is 2.26. The molecule has 1 N–H and O–H groups in total. The van der Waals surface area contributed by atoms with E-state index in [1.54, 1.807) is 11.8 Å². The second-order valence-corrected chi connectivity index (χ2v) is 8.45. The summed E-state index contributed by atoms with van der Waals surface area (Å²) in [5.74, 6) is 0.0973. The van der Waals surface area contributed by atoms with Crippen LogP contribution in [0.2, 0.25) is 0 Å². The van der Waals surface area contributed by atoms with Gasteiger partial charge < -0.3 is 19.1 Å². The zero-order valence-corrected chi connectivity index (χ0v) is 19.2. The van der Waals surface area contributed by atoms with Crippen LogP contribution in [0.4, 0.5) is 0 Å². The molecule has 2 aromatic rings. The summed E-state index contributed by atoms with van der Waals surface area (Å²) in [5, 5.41) is 9.25. The third kappa shape index (κ3) is 6.28. The van der Waals surface area contributed by atoms with Crippen molar-refractivity contribution in [3.05, 3.63) is 66.1 Å². The number of hydrogen-bond acceptors (Lipinski definition) is 4. The molecule has 1 unspecified atom stereocenters. The summed E-state index contributed by atoms with van der Waals surface area (Å²) in [6, 6.07) is 12.9. The minimum atomic E-state index is -0.901. The summed E-state index contributed by atoms with van der Waals surface area (Å²) in [6.45, 7) is 5.67. The van der Waals surface area contributed by atoms with E-state index in [1.165, 1.54) is 21.8 Å². The average molecular weight is 442 g/mol. The zero-order chi connectivity index (χ0) is 22.2. The number of thioether (sulfide) groups is 1. The number of allylic oxidation sites excluding steroid dienone is 3. The molecule has 0 aliphatic heterocycles. The molecule has 0 bridgehead atoms. The van der Waals surface area contributed by atoms with Crippen LogP contribution in [0.1, 0.15) is 25.5 Å². The van der Waals surface area contributed by atoms with E-state index in [2.05, 4.69) is 54.1 Å². The molecule has 1 heterocycles. The summed E-state index contributed by atoms with van der Waals surface area (Å²) in [7, 11) is 0. The predicted octanol–water partition coefficient (Wildman–Crippen LogP) is 5.54. The van der Waals surface area contributed by atoms with Crippen molar-refractivity contribution >= 4 is 17.7 Å². The molecular weight excluding hydrogens is 410 g/mol. The Morgan fingerprint density at radius 2 is 2.03 bits per heavy atom. The maximum absolute atomic E-state index is 11.3. The van der Waals surface area contributed by atoms with Crippen LogP contribution < -0.4 is 0 Å². The average Bonchev–Trinajstić information content (AvgIpc) is 3.15. The Morgan fingerprint density at radius 1 is 1.26 bits per heavy atom. The Morgan fingerprint density at radius 3 is 2.65 bits per heavy atom. The molecule has 0 saturated carbocycles. The molecule has 1 aromatic carbocycles. The molecule has 0 spiro atoms. The van der Waals surface area contributed by atoms with Crippen LogP contribution in [0.5, 0.6) is 0 Å². The lowest BCUT2D eigenvalue weighted by Crippen LogP contribution is -2.26. The number of aliphatic carboxylic acids is 1. The monoisotopic (exact) mass is 441 g/mol. The number of carbonyl (C=O) groups is 1. The Balaban J connectivity index is 1.53. The third-order valence-corrected chi connectivity index (χ3v) is 6.23. The maximum Gasteiger partial charge on any atom is 0.332 e. The fraction of sp³-hybridized carbons (Fsp3) is 0.400. The van der Waals surface area contributed by atoms with Gasteiger partial charge in [0.25, 0.3) is 0 Å². The first kappa shape index (κ1) is 23.2. The van der Waals surface area contributed by atoms with E-state index < -0.39 is 12.1 Å². The summed E-state index contributed by atoms with van der Waals surface area (Å²) in [6.07, 6.45) is 8.59. The van der Waals surface area contributed by atoms with Gasteiger partial charge in [-0.25, -0.2) is 4.79 Å². The van der Waals surface area contributed by atoms with E-state index in [-0.39, 0.29) is 5.92 Å². The molecule has 6 heteroatoms. The van der Waals surface area contributed by atoms with Crippen molar-refractivity contribution in [2.75, 3.05) is 19.5 Å². The molecule has 31 heavy (non-hydrogen) atoms. The normalized spacial score (nSPS) is 16.7. The van der Waals surface area contributed by atoms with E-state index in [4.69, 9.17) is 9.47 Å². The molecule has 1 aliphatic rings. The van der Waals surface area contributed by atoms with Gasteiger partial charge in [0, 0.05) is 22.9 Å². The molecule has 166 valence electrons. The van der Waals surface area contributed by atoms with Gasteiger partial charge >= 0.3 is 5.97 Å². The molecule has 0 saturated heterocycles. The van der Waals surface area contributed by atoms with Gasteiger partial charge in [-0.05, 0) is 80.8 Å². The van der Waals surface area contributed by atoms with E-state index in [9.17, 15) is 9.90 Å². The number of rotatable bonds is 11. The van der Waals surface area contributed by atoms with Gasteiger partial charge in [0.2, 0.25) is 0 Å². The molecular formula is C25H31NO4S. The van der Waals surface area contributed by atoms with Crippen molar-refractivity contribution in [2.24, 2.45) is 5.92 Å². The smallest absolute Gasteiger partial charge is 0.332 e. The van der Waals surface area contributed by atoms with Gasteiger partial charge in [-0.3, -0.25) is 0 Å². The van der Waals surface area contributed by atoms with E-state index in [0.29, 0.717) is 19.6 Å². The Labute approximate surface area is 188 Å². The summed E-state index contributed by atoms with van der Waals surface area (Å²) < 4.78 is 13.6. The molecule has 0 radical (unpaired) electrons. The van der Waals surface area contributed by atoms with Crippen LogP contribution in [-0.4, -0.2) is 41.2 Å². The SMILES string of the molecule is CCO[C@@H](CC1C=CC(OCCn2c(C)ccc2-c2ccc(SC)cc2)=CC1)C(=O)O. The lowest BCUT2D eigenvalue weighted by Gasteiger charge is -2.20. The molecule has 2 atom stereocenters. The lowest BCUT2D eigenvalue weighted by molar-refractivity contribution is -0.151. The molecule has 1 aromatic heterocycles. The van der Waals surface area contributed by atoms with Crippen LogP contribution in [0.25, 0.3) is 11.3 Å². The van der Waals surface area contributed by atoms with Crippen LogP contribution in [0, 0.1) is 12.8 Å². The lowest BCUT2D eigenvalue weighted by atomic mass is 9.94. The highest BCUT2D eigenvalue weighted by molar-refractivity contribution is 7.98. The first-order chi connectivity index (χ1) is 15.0. The number of nitrogens with zero attached hydrogens (tertiary/aromatic N) is 1. The molecule has 1 aliphatic carbocycles. The first-order valence-electron chi connectivity index (χ1n) is 10.7. The fourth-order valence-corrected chi connectivity index (χ4v) is 4.19. The van der Waals surface area contributed by atoms with Gasteiger partial charge in [0.05, 0.1) is 6.54 Å². The van der Waals surface area contributed by atoms with Crippen molar-refractivity contribution in [3.8, 4) is 11.3 Å². The highest BCUT2D eigenvalue weighted by Gasteiger charge is 2.22. The standard InChI is InChI=1S/C25H31NO4S/c1-4-29-24(25(27)28)17-19-6-10-21(11-7-19)30-16-15-26-18(2)5-14-23(26)20-8-12-22(31-3)13-9-20/h5-6,8-14,19,24H,4,7,15-17H2,1-3H3,(H,27,28)/t19?,24-/m0/s1. The van der Waals surface area contributed by atoms with E-state index >= 15 is 0 Å². The Hall–Kier alpha value is -2.44. The quantitative estimate of drug-likeness (QED) is 0.464. The van der Waals surface area contributed by atoms with Crippen molar-refractivity contribution in [3.63, 3.8) is 0 Å². The fourth-order valence-electron chi connectivity index (χ4n) is 3.78. The van der Waals surface area contributed by atoms with E-state index in [1.807, 2.05) is 25.2 Å². The summed E-state index contributed by atoms with van der Waals surface area (Å²) >= 11 is 1.74. The van der Waals surface area contributed by atoms with Crippen LogP contribution in [-0.2, 0) is 20.8 Å². The number of hydrogen-bond donors (Lipinski definition) is 1. The summed E-state index contributed by atoms with van der Waals surface area (Å²) in [5.41, 5.74) is 3.60. The predicted molar refractivity (Wildman–Crippen MR) is 125 cm³/mol. The number of benzene rings is 1. The largest absolute Gasteiger partial charge is 0.492 e. The second kappa shape index (κ2) is 11.3. The molecule has 0 amide bonds. The van der Waals surface area contributed by atoms with Gasteiger partial charge in [0.1, 0.15) is 12.4 Å². The van der Waals surface area contributed by atoms with Crippen molar-refractivity contribution < 1.29 is 19.4 Å². The summed E-state index contributed by atoms with van der Waals surface area (Å²) in [4.78, 5) is 12.5. The number of carboxylic acids is 1. The van der Waals surface area contributed by atoms with Gasteiger partial charge in [-0.1, -0.05) is 18.2 Å².